The number of fused-ring (bicyclic) bond motifs is 2. The summed E-state index contributed by atoms with van der Waals surface area (Å²) < 4.78 is 11.7. The van der Waals surface area contributed by atoms with E-state index in [1.165, 1.54) is 37.8 Å². The molecule has 2 aliphatic carbocycles. The monoisotopic (exact) mass is 398 g/mol. The zero-order chi connectivity index (χ0) is 19.8. The molecule has 158 valence electrons. The molecule has 0 amide bonds. The van der Waals surface area contributed by atoms with Crippen molar-refractivity contribution in [3.8, 4) is 5.75 Å². The van der Waals surface area contributed by atoms with Crippen molar-refractivity contribution in [3.63, 3.8) is 0 Å². The van der Waals surface area contributed by atoms with Crippen LogP contribution in [0.1, 0.15) is 38.5 Å². The van der Waals surface area contributed by atoms with Crippen LogP contribution in [0, 0.1) is 11.3 Å². The van der Waals surface area contributed by atoms with Gasteiger partial charge in [0.2, 0.25) is 0 Å². The highest BCUT2D eigenvalue weighted by atomic mass is 16.5. The second kappa shape index (κ2) is 7.71. The third-order valence-electron chi connectivity index (χ3n) is 7.74. The van der Waals surface area contributed by atoms with Crippen LogP contribution >= 0.6 is 0 Å². The molecule has 2 saturated heterocycles. The minimum atomic E-state index is 0.370. The Hall–Kier alpha value is -1.95. The number of rotatable bonds is 4. The number of nitrogens with zero attached hydrogens (tertiary/aromatic N) is 2. The van der Waals surface area contributed by atoms with Crippen LogP contribution < -0.4 is 20.3 Å². The molecule has 2 heterocycles. The molecule has 2 saturated carbocycles. The number of benzene rings is 1. The van der Waals surface area contributed by atoms with E-state index in [0.29, 0.717) is 29.5 Å². The maximum Gasteiger partial charge on any atom is 0.191 e. The fraction of sp³-hybridized carbons (Fsp3) is 0.696. The van der Waals surface area contributed by atoms with Gasteiger partial charge in [-0.25, -0.2) is 0 Å². The Morgan fingerprint density at radius 3 is 2.83 bits per heavy atom. The van der Waals surface area contributed by atoms with Gasteiger partial charge in [-0.1, -0.05) is 18.6 Å². The Labute approximate surface area is 174 Å². The van der Waals surface area contributed by atoms with Gasteiger partial charge in [-0.15, -0.1) is 0 Å². The van der Waals surface area contributed by atoms with E-state index in [-0.39, 0.29) is 0 Å². The van der Waals surface area contributed by atoms with Crippen molar-refractivity contribution in [1.29, 1.82) is 0 Å². The molecule has 5 rings (SSSR count). The zero-order valence-corrected chi connectivity index (χ0v) is 17.7. The average Bonchev–Trinajstić information content (AvgIpc) is 3.15. The largest absolute Gasteiger partial charge is 0.495 e. The van der Waals surface area contributed by atoms with Gasteiger partial charge in [0.05, 0.1) is 18.9 Å². The van der Waals surface area contributed by atoms with Gasteiger partial charge in [-0.05, 0) is 44.2 Å². The average molecular weight is 399 g/mol. The van der Waals surface area contributed by atoms with Crippen LogP contribution in [0.2, 0.25) is 0 Å². The highest BCUT2D eigenvalue weighted by Crippen LogP contribution is 2.62. The van der Waals surface area contributed by atoms with Crippen LogP contribution in [-0.4, -0.2) is 58.0 Å². The Bertz CT molecular complexity index is 763. The maximum absolute atomic E-state index is 6.07. The molecule has 0 aromatic heterocycles. The first-order valence-electron chi connectivity index (χ1n) is 11.2. The Morgan fingerprint density at radius 1 is 1.21 bits per heavy atom. The molecule has 4 unspecified atom stereocenters. The SMILES string of the molecule is CN=C(NC1CCCN(c2ccccc2OC)C1)NC1C2CCOC2C12CCC2. The van der Waals surface area contributed by atoms with Gasteiger partial charge >= 0.3 is 0 Å². The molecule has 0 bridgehead atoms. The van der Waals surface area contributed by atoms with Crippen molar-refractivity contribution >= 4 is 11.6 Å². The van der Waals surface area contributed by atoms with Gasteiger partial charge in [0.25, 0.3) is 0 Å². The van der Waals surface area contributed by atoms with Crippen LogP contribution in [0.3, 0.4) is 0 Å². The first kappa shape index (κ1) is 19.0. The summed E-state index contributed by atoms with van der Waals surface area (Å²) in [5, 5.41) is 7.53. The van der Waals surface area contributed by atoms with Gasteiger partial charge in [0.1, 0.15) is 5.75 Å². The van der Waals surface area contributed by atoms with Gasteiger partial charge in [-0.2, -0.15) is 0 Å². The lowest BCUT2D eigenvalue weighted by molar-refractivity contribution is -0.171. The van der Waals surface area contributed by atoms with Crippen molar-refractivity contribution in [2.75, 3.05) is 38.8 Å². The Balaban J connectivity index is 1.23. The number of nitrogens with one attached hydrogen (secondary N) is 2. The molecule has 1 aromatic carbocycles. The number of aliphatic imine (C=N–C) groups is 1. The molecule has 2 N–H and O–H groups in total. The smallest absolute Gasteiger partial charge is 0.191 e. The number of guanidine groups is 1. The van der Waals surface area contributed by atoms with Gasteiger partial charge < -0.3 is 25.0 Å². The summed E-state index contributed by atoms with van der Waals surface area (Å²) in [6.07, 6.45) is 7.94. The summed E-state index contributed by atoms with van der Waals surface area (Å²) in [4.78, 5) is 7.02. The molecular formula is C23H34N4O2. The lowest BCUT2D eigenvalue weighted by Crippen LogP contribution is -2.73. The predicted molar refractivity (Wildman–Crippen MR) is 116 cm³/mol. The van der Waals surface area contributed by atoms with E-state index in [1.807, 2.05) is 19.2 Å². The molecule has 0 radical (unpaired) electrons. The minimum absolute atomic E-state index is 0.370. The first-order chi connectivity index (χ1) is 14.2. The first-order valence-corrected chi connectivity index (χ1v) is 11.2. The van der Waals surface area contributed by atoms with Crippen LogP contribution in [0.15, 0.2) is 29.3 Å². The van der Waals surface area contributed by atoms with Crippen molar-refractivity contribution in [2.45, 2.75) is 56.7 Å². The molecule has 1 spiro atoms. The van der Waals surface area contributed by atoms with Crippen LogP contribution in [0.5, 0.6) is 5.75 Å². The number of para-hydroxylation sites is 2. The van der Waals surface area contributed by atoms with E-state index in [2.05, 4.69) is 32.7 Å². The lowest BCUT2D eigenvalue weighted by Gasteiger charge is -2.63. The highest BCUT2D eigenvalue weighted by Gasteiger charge is 2.66. The van der Waals surface area contributed by atoms with Crippen LogP contribution in [-0.2, 0) is 4.74 Å². The number of ether oxygens (including phenoxy) is 2. The molecule has 6 heteroatoms. The van der Waals surface area contributed by atoms with E-state index in [9.17, 15) is 0 Å². The molecule has 2 aliphatic heterocycles. The van der Waals surface area contributed by atoms with E-state index in [0.717, 1.165) is 37.8 Å². The molecular weight excluding hydrogens is 364 g/mol. The minimum Gasteiger partial charge on any atom is -0.495 e. The van der Waals surface area contributed by atoms with Crippen molar-refractivity contribution in [2.24, 2.45) is 16.3 Å². The molecule has 4 fully saturated rings. The highest BCUT2D eigenvalue weighted by molar-refractivity contribution is 5.81. The zero-order valence-electron chi connectivity index (χ0n) is 17.7. The second-order valence-electron chi connectivity index (χ2n) is 9.13. The third kappa shape index (κ3) is 3.16. The maximum atomic E-state index is 6.07. The van der Waals surface area contributed by atoms with E-state index >= 15 is 0 Å². The quantitative estimate of drug-likeness (QED) is 0.603. The third-order valence-corrected chi connectivity index (χ3v) is 7.74. The standard InChI is InChI=1S/C23H34N4O2/c1-24-22(26-20-17-10-14-29-21(17)23(20)11-6-12-23)25-16-7-5-13-27(15-16)18-8-3-4-9-19(18)28-2/h3-4,8-9,16-17,20-21H,5-7,10-15H2,1-2H3,(H2,24,25,26). The molecule has 4 atom stereocenters. The number of methoxy groups -OCH3 is 1. The topological polar surface area (TPSA) is 58.1 Å². The lowest BCUT2D eigenvalue weighted by atomic mass is 9.46. The summed E-state index contributed by atoms with van der Waals surface area (Å²) >= 11 is 0. The van der Waals surface area contributed by atoms with E-state index in [4.69, 9.17) is 9.47 Å². The van der Waals surface area contributed by atoms with Gasteiger partial charge in [-0.3, -0.25) is 4.99 Å². The molecule has 29 heavy (non-hydrogen) atoms. The fourth-order valence-corrected chi connectivity index (χ4v) is 6.17. The molecule has 1 aromatic rings. The molecule has 6 nitrogen and oxygen atoms in total. The van der Waals surface area contributed by atoms with Crippen LogP contribution in [0.4, 0.5) is 5.69 Å². The molecule has 4 aliphatic rings. The summed E-state index contributed by atoms with van der Waals surface area (Å²) in [6.45, 7) is 2.96. The van der Waals surface area contributed by atoms with E-state index in [1.54, 1.807) is 7.11 Å². The Morgan fingerprint density at radius 2 is 2.07 bits per heavy atom. The number of hydrogen-bond acceptors (Lipinski definition) is 4. The normalized spacial score (nSPS) is 32.9. The Kier molecular flexibility index (Phi) is 5.06. The second-order valence-corrected chi connectivity index (χ2v) is 9.13. The van der Waals surface area contributed by atoms with E-state index < -0.39 is 0 Å². The van der Waals surface area contributed by atoms with Crippen LogP contribution in [0.25, 0.3) is 0 Å². The number of piperidine rings is 1. The fourth-order valence-electron chi connectivity index (χ4n) is 6.17. The van der Waals surface area contributed by atoms with Crippen molar-refractivity contribution < 1.29 is 9.47 Å². The van der Waals surface area contributed by atoms with Crippen molar-refractivity contribution in [3.05, 3.63) is 24.3 Å². The van der Waals surface area contributed by atoms with Gasteiger partial charge in [0.15, 0.2) is 5.96 Å². The number of anilines is 1. The summed E-state index contributed by atoms with van der Waals surface area (Å²) in [5.41, 5.74) is 1.55. The van der Waals surface area contributed by atoms with Gasteiger partial charge in [0, 0.05) is 50.2 Å². The van der Waals surface area contributed by atoms with Crippen molar-refractivity contribution in [1.82, 2.24) is 10.6 Å². The predicted octanol–water partition coefficient (Wildman–Crippen LogP) is 2.79. The summed E-state index contributed by atoms with van der Waals surface area (Å²) in [7, 11) is 3.64. The summed E-state index contributed by atoms with van der Waals surface area (Å²) in [5.74, 6) is 2.56. The number of hydrogen-bond donors (Lipinski definition) is 2. The summed E-state index contributed by atoms with van der Waals surface area (Å²) in [6, 6.07) is 9.22.